The summed E-state index contributed by atoms with van der Waals surface area (Å²) in [5.74, 6) is -0.404. The van der Waals surface area contributed by atoms with Gasteiger partial charge in [0.25, 0.3) is 10.2 Å². The molecule has 0 aliphatic carbocycles. The van der Waals surface area contributed by atoms with Crippen LogP contribution >= 0.6 is 0 Å². The molecular formula is C11H21N3O4S. The molecule has 2 aliphatic heterocycles. The first kappa shape index (κ1) is 14.7. The summed E-state index contributed by atoms with van der Waals surface area (Å²) in [7, 11) is -2.00. The van der Waals surface area contributed by atoms with Gasteiger partial charge in [0, 0.05) is 39.3 Å². The van der Waals surface area contributed by atoms with Crippen molar-refractivity contribution in [1.82, 2.24) is 13.9 Å². The van der Waals surface area contributed by atoms with Gasteiger partial charge in [-0.05, 0) is 12.8 Å². The zero-order valence-corrected chi connectivity index (χ0v) is 12.0. The van der Waals surface area contributed by atoms with Gasteiger partial charge in [-0.15, -0.1) is 0 Å². The Morgan fingerprint density at radius 3 is 2.16 bits per heavy atom. The van der Waals surface area contributed by atoms with E-state index >= 15 is 0 Å². The number of nitrogens with one attached hydrogen (secondary N) is 1. The number of ether oxygens (including phenoxy) is 1. The standard InChI is InChI=1S/C11H21N3O4S/c1-18-11(15)10-2-6-13(7-3-10)19(16,17)14-8-4-12-5-9-14/h10,12H,2-9H2,1H3. The van der Waals surface area contributed by atoms with Crippen molar-refractivity contribution in [2.24, 2.45) is 5.92 Å². The second-order valence-electron chi connectivity index (χ2n) is 4.85. The summed E-state index contributed by atoms with van der Waals surface area (Å²) < 4.78 is 32.5. The summed E-state index contributed by atoms with van der Waals surface area (Å²) in [5, 5.41) is 3.13. The van der Waals surface area contributed by atoms with Gasteiger partial charge in [0.15, 0.2) is 0 Å². The van der Waals surface area contributed by atoms with Crippen molar-refractivity contribution in [2.45, 2.75) is 12.8 Å². The number of piperidine rings is 1. The Morgan fingerprint density at radius 1 is 1.11 bits per heavy atom. The maximum absolute atomic E-state index is 12.4. The first-order valence-electron chi connectivity index (χ1n) is 6.59. The van der Waals surface area contributed by atoms with Crippen LogP contribution in [0.3, 0.4) is 0 Å². The van der Waals surface area contributed by atoms with E-state index in [4.69, 9.17) is 4.74 Å². The average molecular weight is 291 g/mol. The van der Waals surface area contributed by atoms with Crippen LogP contribution in [-0.2, 0) is 19.7 Å². The zero-order chi connectivity index (χ0) is 13.9. The van der Waals surface area contributed by atoms with E-state index < -0.39 is 10.2 Å². The SMILES string of the molecule is COC(=O)C1CCN(S(=O)(=O)N2CCNCC2)CC1. The number of carbonyl (C=O) groups excluding carboxylic acids is 1. The van der Waals surface area contributed by atoms with Gasteiger partial charge in [-0.2, -0.15) is 17.0 Å². The smallest absolute Gasteiger partial charge is 0.308 e. The quantitative estimate of drug-likeness (QED) is 0.676. The highest BCUT2D eigenvalue weighted by molar-refractivity contribution is 7.86. The van der Waals surface area contributed by atoms with E-state index in [1.165, 1.54) is 15.7 Å². The number of hydrogen-bond donors (Lipinski definition) is 1. The summed E-state index contributed by atoms with van der Waals surface area (Å²) in [6, 6.07) is 0. The fraction of sp³-hybridized carbons (Fsp3) is 0.909. The molecule has 2 heterocycles. The highest BCUT2D eigenvalue weighted by Crippen LogP contribution is 2.22. The zero-order valence-electron chi connectivity index (χ0n) is 11.2. The number of hydrogen-bond acceptors (Lipinski definition) is 5. The van der Waals surface area contributed by atoms with E-state index in [1.54, 1.807) is 0 Å². The van der Waals surface area contributed by atoms with Crippen molar-refractivity contribution in [3.8, 4) is 0 Å². The molecule has 7 nitrogen and oxygen atoms in total. The number of piperazine rings is 1. The lowest BCUT2D eigenvalue weighted by Gasteiger charge is -2.35. The van der Waals surface area contributed by atoms with Gasteiger partial charge in [0.1, 0.15) is 0 Å². The molecule has 0 saturated carbocycles. The van der Waals surface area contributed by atoms with Gasteiger partial charge in [-0.3, -0.25) is 4.79 Å². The molecule has 8 heteroatoms. The summed E-state index contributed by atoms with van der Waals surface area (Å²) in [5.41, 5.74) is 0. The third kappa shape index (κ3) is 3.25. The van der Waals surface area contributed by atoms with Crippen molar-refractivity contribution in [3.05, 3.63) is 0 Å². The molecule has 19 heavy (non-hydrogen) atoms. The molecule has 2 fully saturated rings. The van der Waals surface area contributed by atoms with Crippen LogP contribution < -0.4 is 5.32 Å². The van der Waals surface area contributed by atoms with Crippen molar-refractivity contribution >= 4 is 16.2 Å². The minimum atomic E-state index is -3.37. The van der Waals surface area contributed by atoms with Gasteiger partial charge in [-0.25, -0.2) is 0 Å². The Bertz CT molecular complexity index is 412. The lowest BCUT2D eigenvalue weighted by molar-refractivity contribution is -0.146. The topological polar surface area (TPSA) is 79.0 Å². The van der Waals surface area contributed by atoms with Crippen LogP contribution in [0.2, 0.25) is 0 Å². The van der Waals surface area contributed by atoms with Crippen LogP contribution in [0.5, 0.6) is 0 Å². The minimum Gasteiger partial charge on any atom is -0.469 e. The molecule has 0 unspecified atom stereocenters. The molecule has 0 aromatic rings. The van der Waals surface area contributed by atoms with Gasteiger partial charge >= 0.3 is 5.97 Å². The first-order chi connectivity index (χ1) is 9.05. The Balaban J connectivity index is 1.94. The number of methoxy groups -OCH3 is 1. The Morgan fingerprint density at radius 2 is 1.63 bits per heavy atom. The van der Waals surface area contributed by atoms with Gasteiger partial charge in [0.05, 0.1) is 13.0 Å². The van der Waals surface area contributed by atoms with E-state index in [0.717, 1.165) is 0 Å². The van der Waals surface area contributed by atoms with E-state index in [-0.39, 0.29) is 11.9 Å². The van der Waals surface area contributed by atoms with Gasteiger partial charge in [-0.1, -0.05) is 0 Å². The largest absolute Gasteiger partial charge is 0.469 e. The molecule has 1 N–H and O–H groups in total. The van der Waals surface area contributed by atoms with E-state index in [9.17, 15) is 13.2 Å². The molecule has 0 aromatic heterocycles. The van der Waals surface area contributed by atoms with Crippen molar-refractivity contribution < 1.29 is 17.9 Å². The van der Waals surface area contributed by atoms with E-state index in [0.29, 0.717) is 52.1 Å². The Labute approximate surface area is 114 Å². The second kappa shape index (κ2) is 6.17. The van der Waals surface area contributed by atoms with Crippen LogP contribution in [0, 0.1) is 5.92 Å². The summed E-state index contributed by atoms with van der Waals surface area (Å²) >= 11 is 0. The number of nitrogens with zero attached hydrogens (tertiary/aromatic N) is 2. The average Bonchev–Trinajstić information content (AvgIpc) is 2.47. The number of esters is 1. The van der Waals surface area contributed by atoms with E-state index in [1.807, 2.05) is 0 Å². The summed E-state index contributed by atoms with van der Waals surface area (Å²) in [4.78, 5) is 11.4. The van der Waals surface area contributed by atoms with E-state index in [2.05, 4.69) is 5.32 Å². The Kier molecular flexibility index (Phi) is 4.77. The third-order valence-corrected chi connectivity index (χ3v) is 5.75. The number of carbonyl (C=O) groups is 1. The fourth-order valence-electron chi connectivity index (χ4n) is 2.53. The molecule has 0 atom stereocenters. The third-order valence-electron chi connectivity index (χ3n) is 3.72. The molecule has 110 valence electrons. The molecule has 0 aromatic carbocycles. The molecule has 2 saturated heterocycles. The highest BCUT2D eigenvalue weighted by atomic mass is 32.2. The summed E-state index contributed by atoms with van der Waals surface area (Å²) in [6.45, 7) is 3.20. The highest BCUT2D eigenvalue weighted by Gasteiger charge is 2.35. The van der Waals surface area contributed by atoms with Crippen molar-refractivity contribution in [1.29, 1.82) is 0 Å². The fourth-order valence-corrected chi connectivity index (χ4v) is 4.17. The minimum absolute atomic E-state index is 0.167. The number of rotatable bonds is 3. The predicted octanol–water partition coefficient (Wildman–Crippen LogP) is -0.979. The van der Waals surface area contributed by atoms with Crippen molar-refractivity contribution in [3.63, 3.8) is 0 Å². The lowest BCUT2D eigenvalue weighted by atomic mass is 9.99. The first-order valence-corrected chi connectivity index (χ1v) is 7.99. The second-order valence-corrected chi connectivity index (χ2v) is 6.78. The maximum Gasteiger partial charge on any atom is 0.308 e. The van der Waals surface area contributed by atoms with Crippen LogP contribution in [0.1, 0.15) is 12.8 Å². The molecule has 0 spiro atoms. The molecule has 0 bridgehead atoms. The molecular weight excluding hydrogens is 270 g/mol. The maximum atomic E-state index is 12.4. The monoisotopic (exact) mass is 291 g/mol. The predicted molar refractivity (Wildman–Crippen MR) is 69.7 cm³/mol. The molecule has 2 rings (SSSR count). The normalized spacial score (nSPS) is 24.3. The van der Waals surface area contributed by atoms with Crippen LogP contribution in [0.15, 0.2) is 0 Å². The van der Waals surface area contributed by atoms with Crippen molar-refractivity contribution in [2.75, 3.05) is 46.4 Å². The van der Waals surface area contributed by atoms with Crippen LogP contribution in [0.25, 0.3) is 0 Å². The summed E-state index contributed by atoms with van der Waals surface area (Å²) in [6.07, 6.45) is 1.08. The lowest BCUT2D eigenvalue weighted by Crippen LogP contribution is -2.53. The Hall–Kier alpha value is -0.700. The molecule has 2 aliphatic rings. The van der Waals surface area contributed by atoms with Gasteiger partial charge < -0.3 is 10.1 Å². The molecule has 0 amide bonds. The van der Waals surface area contributed by atoms with Gasteiger partial charge in [0.2, 0.25) is 0 Å². The van der Waals surface area contributed by atoms with Crippen LogP contribution in [-0.4, -0.2) is 69.4 Å². The van der Waals surface area contributed by atoms with Crippen LogP contribution in [0.4, 0.5) is 0 Å². The molecule has 0 radical (unpaired) electrons.